The smallest absolute Gasteiger partial charge is 0.251 e. The van der Waals surface area contributed by atoms with Crippen LogP contribution in [0.4, 0.5) is 11.4 Å². The molecule has 0 atom stereocenters. The van der Waals surface area contributed by atoms with E-state index < -0.39 is 0 Å². The number of rotatable bonds is 6. The number of carbonyl (C=O) groups is 2. The van der Waals surface area contributed by atoms with Gasteiger partial charge in [0.2, 0.25) is 5.91 Å². The van der Waals surface area contributed by atoms with E-state index in [2.05, 4.69) is 10.6 Å². The van der Waals surface area contributed by atoms with Gasteiger partial charge in [0.25, 0.3) is 5.91 Å². The average molecular weight is 362 g/mol. The molecule has 5 nitrogen and oxygen atoms in total. The van der Waals surface area contributed by atoms with Gasteiger partial charge >= 0.3 is 0 Å². The van der Waals surface area contributed by atoms with Gasteiger partial charge in [-0.1, -0.05) is 18.2 Å². The van der Waals surface area contributed by atoms with Crippen LogP contribution in [0, 0.1) is 0 Å². The number of benzene rings is 2. The largest absolute Gasteiger partial charge is 0.399 e. The molecule has 0 aliphatic heterocycles. The van der Waals surface area contributed by atoms with Gasteiger partial charge in [0.15, 0.2) is 0 Å². The maximum Gasteiger partial charge on any atom is 0.251 e. The first-order chi connectivity index (χ1) is 11.5. The molecule has 0 fully saturated rings. The highest BCUT2D eigenvalue weighted by molar-refractivity contribution is 5.96. The number of nitrogen functional groups attached to an aromatic ring is 1. The van der Waals surface area contributed by atoms with E-state index >= 15 is 0 Å². The predicted octanol–water partition coefficient (Wildman–Crippen LogP) is 3.40. The van der Waals surface area contributed by atoms with Crippen LogP contribution in [-0.2, 0) is 11.2 Å². The van der Waals surface area contributed by atoms with Crippen LogP contribution in [0.5, 0.6) is 0 Å². The number of nitrogens with two attached hydrogens (primary N) is 1. The Morgan fingerprint density at radius 3 is 2.28 bits per heavy atom. The lowest BCUT2D eigenvalue weighted by Gasteiger charge is -2.10. The summed E-state index contributed by atoms with van der Waals surface area (Å²) in [6.45, 7) is 3.82. The third-order valence-corrected chi connectivity index (χ3v) is 3.53. The van der Waals surface area contributed by atoms with E-state index in [0.717, 1.165) is 5.56 Å². The molecule has 0 heterocycles. The molecule has 2 aromatic carbocycles. The zero-order chi connectivity index (χ0) is 17.5. The maximum absolute atomic E-state index is 12.0. The van der Waals surface area contributed by atoms with Gasteiger partial charge in [0.05, 0.1) is 0 Å². The van der Waals surface area contributed by atoms with Crippen molar-refractivity contribution in [2.75, 3.05) is 11.1 Å². The van der Waals surface area contributed by atoms with Crippen LogP contribution in [0.15, 0.2) is 48.5 Å². The molecule has 2 amide bonds. The zero-order valence-corrected chi connectivity index (χ0v) is 15.2. The van der Waals surface area contributed by atoms with E-state index in [0.29, 0.717) is 29.8 Å². The number of carbonyl (C=O) groups excluding carboxylic acids is 2. The van der Waals surface area contributed by atoms with Crippen molar-refractivity contribution in [3.8, 4) is 0 Å². The van der Waals surface area contributed by atoms with E-state index in [1.165, 1.54) is 0 Å². The van der Waals surface area contributed by atoms with Crippen molar-refractivity contribution in [1.82, 2.24) is 5.32 Å². The highest BCUT2D eigenvalue weighted by Gasteiger charge is 2.08. The molecule has 0 bridgehead atoms. The van der Waals surface area contributed by atoms with Gasteiger partial charge in [-0.25, -0.2) is 0 Å². The molecule has 0 aromatic heterocycles. The van der Waals surface area contributed by atoms with Crippen LogP contribution in [0.3, 0.4) is 0 Å². The van der Waals surface area contributed by atoms with Gasteiger partial charge in [0.1, 0.15) is 0 Å². The third-order valence-electron chi connectivity index (χ3n) is 3.53. The molecule has 0 spiro atoms. The van der Waals surface area contributed by atoms with Crippen molar-refractivity contribution in [3.63, 3.8) is 0 Å². The SMILES string of the molecule is CC(C)NC(=O)c1ccc(NC(=O)CCc2ccccc2N)cc1.Cl. The quantitative estimate of drug-likeness (QED) is 0.689. The van der Waals surface area contributed by atoms with Crippen molar-refractivity contribution in [2.45, 2.75) is 32.7 Å². The predicted molar refractivity (Wildman–Crippen MR) is 104 cm³/mol. The van der Waals surface area contributed by atoms with E-state index in [-0.39, 0.29) is 30.3 Å². The molecule has 25 heavy (non-hydrogen) atoms. The Labute approximate surface area is 154 Å². The number of hydrogen-bond donors (Lipinski definition) is 3. The van der Waals surface area contributed by atoms with Crippen molar-refractivity contribution in [2.24, 2.45) is 0 Å². The Kier molecular flexibility index (Phi) is 7.95. The van der Waals surface area contributed by atoms with Gasteiger partial charge < -0.3 is 16.4 Å². The average Bonchev–Trinajstić information content (AvgIpc) is 2.54. The summed E-state index contributed by atoms with van der Waals surface area (Å²) in [7, 11) is 0. The first kappa shape index (κ1) is 20.5. The summed E-state index contributed by atoms with van der Waals surface area (Å²) in [6.07, 6.45) is 0.942. The Morgan fingerprint density at radius 1 is 1.04 bits per heavy atom. The molecule has 134 valence electrons. The fraction of sp³-hybridized carbons (Fsp3) is 0.263. The second-order valence-corrected chi connectivity index (χ2v) is 5.95. The van der Waals surface area contributed by atoms with E-state index in [4.69, 9.17) is 5.73 Å². The topological polar surface area (TPSA) is 84.2 Å². The molecule has 2 aromatic rings. The number of hydrogen-bond acceptors (Lipinski definition) is 3. The fourth-order valence-corrected chi connectivity index (χ4v) is 2.28. The molecule has 0 aliphatic carbocycles. The molecule has 4 N–H and O–H groups in total. The van der Waals surface area contributed by atoms with Crippen molar-refractivity contribution < 1.29 is 9.59 Å². The van der Waals surface area contributed by atoms with Crippen LogP contribution < -0.4 is 16.4 Å². The Morgan fingerprint density at radius 2 is 1.68 bits per heavy atom. The summed E-state index contributed by atoms with van der Waals surface area (Å²) in [6, 6.07) is 14.5. The minimum atomic E-state index is -0.123. The number of aryl methyl sites for hydroxylation is 1. The summed E-state index contributed by atoms with van der Waals surface area (Å²) < 4.78 is 0. The summed E-state index contributed by atoms with van der Waals surface area (Å²) >= 11 is 0. The molecule has 0 radical (unpaired) electrons. The lowest BCUT2D eigenvalue weighted by Crippen LogP contribution is -2.30. The van der Waals surface area contributed by atoms with Crippen molar-refractivity contribution in [3.05, 3.63) is 59.7 Å². The van der Waals surface area contributed by atoms with E-state index in [9.17, 15) is 9.59 Å². The van der Waals surface area contributed by atoms with Gasteiger partial charge in [-0.3, -0.25) is 9.59 Å². The van der Waals surface area contributed by atoms with Gasteiger partial charge in [-0.05, 0) is 56.2 Å². The van der Waals surface area contributed by atoms with Crippen LogP contribution >= 0.6 is 12.4 Å². The summed E-state index contributed by atoms with van der Waals surface area (Å²) in [4.78, 5) is 23.9. The molecule has 2 rings (SSSR count). The lowest BCUT2D eigenvalue weighted by atomic mass is 10.1. The highest BCUT2D eigenvalue weighted by Crippen LogP contribution is 2.14. The Balaban J connectivity index is 0.00000312. The fourth-order valence-electron chi connectivity index (χ4n) is 2.28. The van der Waals surface area contributed by atoms with Crippen LogP contribution in [-0.4, -0.2) is 17.9 Å². The first-order valence-corrected chi connectivity index (χ1v) is 8.00. The van der Waals surface area contributed by atoms with Gasteiger partial charge in [-0.2, -0.15) is 0 Å². The number of para-hydroxylation sites is 1. The van der Waals surface area contributed by atoms with Crippen molar-refractivity contribution >= 4 is 35.6 Å². The number of amides is 2. The van der Waals surface area contributed by atoms with Crippen LogP contribution in [0.2, 0.25) is 0 Å². The minimum Gasteiger partial charge on any atom is -0.399 e. The van der Waals surface area contributed by atoms with E-state index in [1.54, 1.807) is 24.3 Å². The minimum absolute atomic E-state index is 0. The number of nitrogens with one attached hydrogen (secondary N) is 2. The molecule has 0 saturated heterocycles. The van der Waals surface area contributed by atoms with E-state index in [1.807, 2.05) is 38.1 Å². The number of halogens is 1. The monoisotopic (exact) mass is 361 g/mol. The Bertz CT molecular complexity index is 715. The third kappa shape index (κ3) is 6.47. The van der Waals surface area contributed by atoms with Crippen LogP contribution in [0.1, 0.15) is 36.2 Å². The molecule has 0 aliphatic rings. The first-order valence-electron chi connectivity index (χ1n) is 8.00. The summed E-state index contributed by atoms with van der Waals surface area (Å²) in [5, 5.41) is 5.65. The summed E-state index contributed by atoms with van der Waals surface area (Å²) in [5.74, 6) is -0.208. The molecular weight excluding hydrogens is 338 g/mol. The lowest BCUT2D eigenvalue weighted by molar-refractivity contribution is -0.116. The standard InChI is InChI=1S/C19H23N3O2.ClH/c1-13(2)21-19(24)15-7-10-16(11-8-15)22-18(23)12-9-14-5-3-4-6-17(14)20;/h3-8,10-11,13H,9,12,20H2,1-2H3,(H,21,24)(H,22,23);1H. The summed E-state index contributed by atoms with van der Waals surface area (Å²) in [5.41, 5.74) is 8.77. The zero-order valence-electron chi connectivity index (χ0n) is 14.4. The normalized spacial score (nSPS) is 10.0. The highest BCUT2D eigenvalue weighted by atomic mass is 35.5. The maximum atomic E-state index is 12.0. The molecular formula is C19H24ClN3O2. The second-order valence-electron chi connectivity index (χ2n) is 5.95. The Hall–Kier alpha value is -2.53. The van der Waals surface area contributed by atoms with Gasteiger partial charge in [0, 0.05) is 29.4 Å². The van der Waals surface area contributed by atoms with Crippen LogP contribution in [0.25, 0.3) is 0 Å². The molecule has 0 unspecified atom stereocenters. The molecule has 0 saturated carbocycles. The molecule has 6 heteroatoms. The second kappa shape index (κ2) is 9.69. The van der Waals surface area contributed by atoms with Crippen molar-refractivity contribution in [1.29, 1.82) is 0 Å². The number of anilines is 2. The van der Waals surface area contributed by atoms with Gasteiger partial charge in [-0.15, -0.1) is 12.4 Å².